The van der Waals surface area contributed by atoms with E-state index in [-0.39, 0.29) is 18.4 Å². The minimum absolute atomic E-state index is 0.00961. The van der Waals surface area contributed by atoms with Crippen molar-refractivity contribution < 1.29 is 13.5 Å². The highest BCUT2D eigenvalue weighted by atomic mass is 32.2. The Morgan fingerprint density at radius 2 is 1.67 bits per heavy atom. The Balaban J connectivity index is 2.86. The van der Waals surface area contributed by atoms with Gasteiger partial charge in [-0.25, -0.2) is 8.42 Å². The summed E-state index contributed by atoms with van der Waals surface area (Å²) >= 11 is 0. The summed E-state index contributed by atoms with van der Waals surface area (Å²) in [5.41, 5.74) is 1.52. The lowest BCUT2D eigenvalue weighted by Gasteiger charge is -2.29. The third-order valence-corrected chi connectivity index (χ3v) is 5.38. The Morgan fingerprint density at radius 1 is 1.14 bits per heavy atom. The lowest BCUT2D eigenvalue weighted by atomic mass is 10.2. The Bertz CT molecular complexity index is 526. The summed E-state index contributed by atoms with van der Waals surface area (Å²) in [5, 5.41) is 9.01. The first kappa shape index (κ1) is 18.1. The van der Waals surface area contributed by atoms with Gasteiger partial charge in [0.15, 0.2) is 0 Å². The van der Waals surface area contributed by atoms with Crippen molar-refractivity contribution in [2.24, 2.45) is 0 Å². The number of nitrogens with zero attached hydrogens (tertiary/aromatic N) is 2. The third kappa shape index (κ3) is 5.39. The van der Waals surface area contributed by atoms with E-state index in [1.165, 1.54) is 0 Å². The largest absolute Gasteiger partial charge is 0.392 e. The van der Waals surface area contributed by atoms with Gasteiger partial charge in [-0.05, 0) is 32.1 Å². The van der Waals surface area contributed by atoms with Gasteiger partial charge < -0.3 is 10.0 Å². The molecular formula is C15H26N2O3S. The van der Waals surface area contributed by atoms with E-state index < -0.39 is 10.0 Å². The average Bonchev–Trinajstić information content (AvgIpc) is 2.38. The van der Waals surface area contributed by atoms with Crippen molar-refractivity contribution in [3.8, 4) is 0 Å². The van der Waals surface area contributed by atoms with Gasteiger partial charge in [0.25, 0.3) is 0 Å². The summed E-state index contributed by atoms with van der Waals surface area (Å²) in [7, 11) is 0.524. The molecule has 0 fully saturated rings. The highest BCUT2D eigenvalue weighted by Crippen LogP contribution is 2.15. The van der Waals surface area contributed by atoms with E-state index in [0.29, 0.717) is 13.1 Å². The first-order chi connectivity index (χ1) is 9.80. The number of benzene rings is 1. The van der Waals surface area contributed by atoms with Crippen LogP contribution in [0.2, 0.25) is 0 Å². The van der Waals surface area contributed by atoms with Crippen LogP contribution in [0.1, 0.15) is 25.0 Å². The van der Waals surface area contributed by atoms with Gasteiger partial charge in [-0.2, -0.15) is 4.31 Å². The molecule has 0 bridgehead atoms. The summed E-state index contributed by atoms with van der Waals surface area (Å²) in [6.45, 7) is 4.91. The van der Waals surface area contributed by atoms with Crippen LogP contribution in [0.3, 0.4) is 0 Å². The maximum atomic E-state index is 12.6. The van der Waals surface area contributed by atoms with Crippen LogP contribution in [0.4, 0.5) is 0 Å². The molecule has 0 heterocycles. The first-order valence-electron chi connectivity index (χ1n) is 7.13. The minimum atomic E-state index is -3.35. The summed E-state index contributed by atoms with van der Waals surface area (Å²) in [6, 6.07) is 6.96. The quantitative estimate of drug-likeness (QED) is 0.785. The monoisotopic (exact) mass is 314 g/mol. The number of sulfonamides is 1. The number of hydrogen-bond donors (Lipinski definition) is 1. The molecule has 1 rings (SSSR count). The van der Waals surface area contributed by atoms with E-state index in [1.54, 1.807) is 28.6 Å². The van der Waals surface area contributed by atoms with Crippen molar-refractivity contribution in [3.63, 3.8) is 0 Å². The van der Waals surface area contributed by atoms with E-state index in [2.05, 4.69) is 0 Å². The molecule has 0 saturated heterocycles. The second kappa shape index (κ2) is 7.89. The van der Waals surface area contributed by atoms with Gasteiger partial charge >= 0.3 is 0 Å². The van der Waals surface area contributed by atoms with Crippen molar-refractivity contribution in [1.29, 1.82) is 0 Å². The van der Waals surface area contributed by atoms with Crippen LogP contribution in [0, 0.1) is 0 Å². The van der Waals surface area contributed by atoms with Gasteiger partial charge in [-0.3, -0.25) is 0 Å². The summed E-state index contributed by atoms with van der Waals surface area (Å²) in [5.74, 6) is -0.00961. The van der Waals surface area contributed by atoms with Crippen molar-refractivity contribution in [2.75, 3.05) is 27.2 Å². The van der Waals surface area contributed by atoms with Gasteiger partial charge in [0.1, 0.15) is 0 Å². The Kier molecular flexibility index (Phi) is 6.80. The van der Waals surface area contributed by atoms with E-state index >= 15 is 0 Å². The maximum Gasteiger partial charge on any atom is 0.218 e. The zero-order valence-corrected chi connectivity index (χ0v) is 14.1. The molecule has 1 unspecified atom stereocenters. The topological polar surface area (TPSA) is 60.9 Å². The molecule has 5 nitrogen and oxygen atoms in total. The van der Waals surface area contributed by atoms with Gasteiger partial charge in [0.2, 0.25) is 10.0 Å². The van der Waals surface area contributed by atoms with Crippen LogP contribution in [-0.4, -0.2) is 56.0 Å². The molecule has 0 radical (unpaired) electrons. The Hall–Kier alpha value is -0.950. The fourth-order valence-corrected chi connectivity index (χ4v) is 4.22. The van der Waals surface area contributed by atoms with Gasteiger partial charge in [-0.1, -0.05) is 31.2 Å². The number of aliphatic hydroxyl groups is 1. The maximum absolute atomic E-state index is 12.6. The summed E-state index contributed by atoms with van der Waals surface area (Å²) in [4.78, 5) is 1.99. The van der Waals surface area contributed by atoms with Crippen LogP contribution < -0.4 is 0 Å². The number of hydrogen-bond acceptors (Lipinski definition) is 4. The molecule has 1 atom stereocenters. The van der Waals surface area contributed by atoms with Crippen molar-refractivity contribution in [1.82, 2.24) is 9.21 Å². The van der Waals surface area contributed by atoms with Crippen LogP contribution in [0.5, 0.6) is 0 Å². The molecule has 1 N–H and O–H groups in total. The predicted molar refractivity (Wildman–Crippen MR) is 85.4 cm³/mol. The van der Waals surface area contributed by atoms with Crippen molar-refractivity contribution >= 4 is 10.0 Å². The summed E-state index contributed by atoms with van der Waals surface area (Å²) < 4.78 is 26.7. The first-order valence-corrected chi connectivity index (χ1v) is 8.74. The number of likely N-dealkylation sites (N-methyl/N-ethyl adjacent to an activating group) is 2. The zero-order valence-electron chi connectivity index (χ0n) is 13.3. The van der Waals surface area contributed by atoms with Gasteiger partial charge in [0.05, 0.1) is 12.4 Å². The second-order valence-electron chi connectivity index (χ2n) is 5.55. The molecule has 1 aromatic rings. The van der Waals surface area contributed by atoms with Gasteiger partial charge in [-0.15, -0.1) is 0 Å². The molecule has 120 valence electrons. The fourth-order valence-electron chi connectivity index (χ4n) is 2.44. The van der Waals surface area contributed by atoms with Crippen LogP contribution in [-0.2, 0) is 22.4 Å². The van der Waals surface area contributed by atoms with E-state index in [1.807, 2.05) is 32.8 Å². The minimum Gasteiger partial charge on any atom is -0.392 e. The zero-order chi connectivity index (χ0) is 16.0. The SMILES string of the molecule is CCN(C(C)CN(C)C)S(=O)(=O)Cc1ccc(CO)cc1. The molecule has 0 spiro atoms. The van der Waals surface area contributed by atoms with E-state index in [0.717, 1.165) is 11.1 Å². The standard InChI is InChI=1S/C15H26N2O3S/c1-5-17(13(2)10-16(3)4)21(19,20)12-15-8-6-14(11-18)7-9-15/h6-9,13,18H,5,10-12H2,1-4H3. The lowest BCUT2D eigenvalue weighted by molar-refractivity contribution is 0.271. The van der Waals surface area contributed by atoms with Gasteiger partial charge in [0, 0.05) is 19.1 Å². The number of aliphatic hydroxyl groups excluding tert-OH is 1. The molecule has 6 heteroatoms. The molecular weight excluding hydrogens is 288 g/mol. The molecule has 0 aliphatic heterocycles. The Morgan fingerprint density at radius 3 is 2.10 bits per heavy atom. The van der Waals surface area contributed by atoms with Crippen LogP contribution >= 0.6 is 0 Å². The second-order valence-corrected chi connectivity index (χ2v) is 7.47. The highest BCUT2D eigenvalue weighted by Gasteiger charge is 2.26. The molecule has 21 heavy (non-hydrogen) atoms. The van der Waals surface area contributed by atoms with Crippen LogP contribution in [0.25, 0.3) is 0 Å². The third-order valence-electron chi connectivity index (χ3n) is 3.34. The predicted octanol–water partition coefficient (Wildman–Crippen LogP) is 1.28. The van der Waals surface area contributed by atoms with Crippen molar-refractivity contribution in [3.05, 3.63) is 35.4 Å². The molecule has 0 aromatic heterocycles. The molecule has 0 saturated carbocycles. The number of rotatable bonds is 8. The Labute approximate surface area is 128 Å². The normalized spacial score (nSPS) is 13.9. The smallest absolute Gasteiger partial charge is 0.218 e. The molecule has 1 aromatic carbocycles. The van der Waals surface area contributed by atoms with Crippen molar-refractivity contribution in [2.45, 2.75) is 32.2 Å². The van der Waals surface area contributed by atoms with E-state index in [9.17, 15) is 8.42 Å². The molecule has 0 aliphatic carbocycles. The highest BCUT2D eigenvalue weighted by molar-refractivity contribution is 7.88. The molecule has 0 amide bonds. The van der Waals surface area contributed by atoms with E-state index in [4.69, 9.17) is 5.11 Å². The van der Waals surface area contributed by atoms with Crippen LogP contribution in [0.15, 0.2) is 24.3 Å². The average molecular weight is 314 g/mol. The lowest BCUT2D eigenvalue weighted by Crippen LogP contribution is -2.44. The molecule has 0 aliphatic rings. The summed E-state index contributed by atoms with van der Waals surface area (Å²) in [6.07, 6.45) is 0. The fraction of sp³-hybridized carbons (Fsp3) is 0.600.